The molecule has 0 spiro atoms. The molecule has 1 N–H and O–H groups in total. The standard InChI is InChI=1S/C26H21BrN2O4S/c1-17-9-11-20(12-10-17)28-24(30)16-33-21-7-4-5-18(13-21)14-23-25(31)29(26(32)34-23)15-19-6-2-3-8-22(19)27/h2-14H,15-16H2,1H3,(H,28,30)/b23-14-. The highest BCUT2D eigenvalue weighted by Crippen LogP contribution is 2.34. The van der Waals surface area contributed by atoms with Gasteiger partial charge in [-0.25, -0.2) is 0 Å². The Morgan fingerprint density at radius 1 is 1.06 bits per heavy atom. The Kier molecular flexibility index (Phi) is 7.49. The topological polar surface area (TPSA) is 75.7 Å². The van der Waals surface area contributed by atoms with E-state index in [2.05, 4.69) is 21.2 Å². The highest BCUT2D eigenvalue weighted by Gasteiger charge is 2.35. The fraction of sp³-hybridized carbons (Fsp3) is 0.115. The number of nitrogens with one attached hydrogen (secondary N) is 1. The maximum Gasteiger partial charge on any atom is 0.293 e. The zero-order valence-electron chi connectivity index (χ0n) is 18.3. The lowest BCUT2D eigenvalue weighted by atomic mass is 10.2. The highest BCUT2D eigenvalue weighted by molar-refractivity contribution is 9.10. The third kappa shape index (κ3) is 5.95. The van der Waals surface area contributed by atoms with Crippen molar-refractivity contribution in [1.29, 1.82) is 0 Å². The minimum atomic E-state index is -0.338. The van der Waals surface area contributed by atoms with E-state index >= 15 is 0 Å². The first-order chi connectivity index (χ1) is 16.4. The second-order valence-corrected chi connectivity index (χ2v) is 9.48. The van der Waals surface area contributed by atoms with Crippen LogP contribution < -0.4 is 10.1 Å². The van der Waals surface area contributed by atoms with E-state index in [1.807, 2.05) is 55.5 Å². The maximum atomic E-state index is 12.8. The van der Waals surface area contributed by atoms with Gasteiger partial charge < -0.3 is 10.1 Å². The molecule has 8 heteroatoms. The van der Waals surface area contributed by atoms with E-state index in [4.69, 9.17) is 4.74 Å². The van der Waals surface area contributed by atoms with Crippen molar-refractivity contribution in [3.8, 4) is 5.75 Å². The summed E-state index contributed by atoms with van der Waals surface area (Å²) in [6.45, 7) is 2.02. The van der Waals surface area contributed by atoms with Crippen molar-refractivity contribution in [2.45, 2.75) is 13.5 Å². The third-order valence-corrected chi connectivity index (χ3v) is 6.70. The monoisotopic (exact) mass is 536 g/mol. The summed E-state index contributed by atoms with van der Waals surface area (Å²) in [5.41, 5.74) is 3.36. The summed E-state index contributed by atoms with van der Waals surface area (Å²) in [7, 11) is 0. The van der Waals surface area contributed by atoms with Crippen LogP contribution in [0, 0.1) is 6.92 Å². The van der Waals surface area contributed by atoms with E-state index in [9.17, 15) is 14.4 Å². The fourth-order valence-electron chi connectivity index (χ4n) is 3.26. The van der Waals surface area contributed by atoms with Gasteiger partial charge in [-0.2, -0.15) is 0 Å². The average Bonchev–Trinajstić information content (AvgIpc) is 3.08. The van der Waals surface area contributed by atoms with Gasteiger partial charge >= 0.3 is 0 Å². The molecule has 3 amide bonds. The van der Waals surface area contributed by atoms with Gasteiger partial charge in [0.15, 0.2) is 6.61 Å². The third-order valence-electron chi connectivity index (χ3n) is 5.02. The van der Waals surface area contributed by atoms with Crippen molar-refractivity contribution in [3.05, 3.63) is 98.9 Å². The summed E-state index contributed by atoms with van der Waals surface area (Å²) in [6, 6.07) is 22.0. The van der Waals surface area contributed by atoms with Crippen LogP contribution in [0.4, 0.5) is 10.5 Å². The first kappa shape index (κ1) is 23.8. The molecule has 172 valence electrons. The molecular formula is C26H21BrN2O4S. The second-order valence-electron chi connectivity index (χ2n) is 7.63. The predicted octanol–water partition coefficient (Wildman–Crippen LogP) is 6.01. The second kappa shape index (κ2) is 10.7. The molecule has 3 aromatic rings. The van der Waals surface area contributed by atoms with Gasteiger partial charge in [0.2, 0.25) is 0 Å². The summed E-state index contributed by atoms with van der Waals surface area (Å²) in [5, 5.41) is 2.47. The van der Waals surface area contributed by atoms with Crippen LogP contribution in [0.25, 0.3) is 6.08 Å². The Morgan fingerprint density at radius 3 is 2.59 bits per heavy atom. The Morgan fingerprint density at radius 2 is 1.82 bits per heavy atom. The molecule has 1 fully saturated rings. The van der Waals surface area contributed by atoms with E-state index in [-0.39, 0.29) is 30.2 Å². The summed E-state index contributed by atoms with van der Waals surface area (Å²) < 4.78 is 6.46. The van der Waals surface area contributed by atoms with Gasteiger partial charge in [0.25, 0.3) is 17.1 Å². The number of nitrogens with zero attached hydrogens (tertiary/aromatic N) is 1. The molecule has 1 aliphatic heterocycles. The molecule has 0 atom stereocenters. The Hall–Kier alpha value is -3.36. The number of benzene rings is 3. The summed E-state index contributed by atoms with van der Waals surface area (Å²) >= 11 is 4.36. The van der Waals surface area contributed by atoms with Gasteiger partial charge in [0, 0.05) is 10.2 Å². The van der Waals surface area contributed by atoms with Crippen molar-refractivity contribution >= 4 is 56.5 Å². The minimum Gasteiger partial charge on any atom is -0.484 e. The van der Waals surface area contributed by atoms with Crippen LogP contribution >= 0.6 is 27.7 Å². The average molecular weight is 537 g/mol. The molecule has 34 heavy (non-hydrogen) atoms. The molecule has 1 aliphatic rings. The van der Waals surface area contributed by atoms with Crippen LogP contribution in [-0.2, 0) is 16.1 Å². The van der Waals surface area contributed by atoms with Crippen molar-refractivity contribution in [3.63, 3.8) is 0 Å². The SMILES string of the molecule is Cc1ccc(NC(=O)COc2cccc(/C=C3\SC(=O)N(Cc4ccccc4Br)C3=O)c2)cc1. The van der Waals surface area contributed by atoms with Gasteiger partial charge in [-0.1, -0.05) is 64.0 Å². The quantitative estimate of drug-likeness (QED) is 0.374. The Balaban J connectivity index is 1.39. The normalized spacial score (nSPS) is 14.5. The summed E-state index contributed by atoms with van der Waals surface area (Å²) in [6.07, 6.45) is 1.66. The lowest BCUT2D eigenvalue weighted by Crippen LogP contribution is -2.27. The number of imide groups is 1. The summed E-state index contributed by atoms with van der Waals surface area (Å²) in [4.78, 5) is 39.1. The first-order valence-electron chi connectivity index (χ1n) is 10.5. The van der Waals surface area contributed by atoms with Gasteiger partial charge in [-0.15, -0.1) is 0 Å². The molecule has 1 heterocycles. The van der Waals surface area contributed by atoms with E-state index < -0.39 is 0 Å². The minimum absolute atomic E-state index is 0.153. The van der Waals surface area contributed by atoms with Crippen LogP contribution in [0.5, 0.6) is 5.75 Å². The number of anilines is 1. The number of carbonyl (C=O) groups excluding carboxylic acids is 3. The van der Waals surface area contributed by atoms with E-state index in [0.717, 1.165) is 27.4 Å². The molecule has 4 rings (SSSR count). The van der Waals surface area contributed by atoms with Crippen LogP contribution in [0.3, 0.4) is 0 Å². The van der Waals surface area contributed by atoms with Gasteiger partial charge in [0.1, 0.15) is 5.75 Å². The number of ether oxygens (including phenoxy) is 1. The van der Waals surface area contributed by atoms with Gasteiger partial charge in [-0.3, -0.25) is 19.3 Å². The number of carbonyl (C=O) groups is 3. The molecule has 0 radical (unpaired) electrons. The zero-order chi connectivity index (χ0) is 24.1. The largest absolute Gasteiger partial charge is 0.484 e. The van der Waals surface area contributed by atoms with Gasteiger partial charge in [-0.05, 0) is 66.2 Å². The van der Waals surface area contributed by atoms with Crippen LogP contribution in [-0.4, -0.2) is 28.6 Å². The zero-order valence-corrected chi connectivity index (χ0v) is 20.7. The number of rotatable bonds is 7. The number of halogens is 1. The molecule has 0 aromatic heterocycles. The molecule has 0 aliphatic carbocycles. The smallest absolute Gasteiger partial charge is 0.293 e. The van der Waals surface area contributed by atoms with Crippen LogP contribution in [0.1, 0.15) is 16.7 Å². The number of hydrogen-bond acceptors (Lipinski definition) is 5. The first-order valence-corrected chi connectivity index (χ1v) is 12.1. The number of amides is 3. The number of hydrogen-bond donors (Lipinski definition) is 1. The summed E-state index contributed by atoms with van der Waals surface area (Å²) in [5.74, 6) is -0.128. The van der Waals surface area contributed by atoms with Crippen molar-refractivity contribution < 1.29 is 19.1 Å². The molecule has 0 bridgehead atoms. The lowest BCUT2D eigenvalue weighted by Gasteiger charge is -2.13. The van der Waals surface area contributed by atoms with E-state index in [0.29, 0.717) is 21.9 Å². The molecule has 3 aromatic carbocycles. The van der Waals surface area contributed by atoms with E-state index in [1.165, 1.54) is 4.90 Å². The van der Waals surface area contributed by atoms with Crippen molar-refractivity contribution in [2.75, 3.05) is 11.9 Å². The van der Waals surface area contributed by atoms with Crippen molar-refractivity contribution in [2.24, 2.45) is 0 Å². The maximum absolute atomic E-state index is 12.8. The molecule has 0 saturated carbocycles. The lowest BCUT2D eigenvalue weighted by molar-refractivity contribution is -0.123. The van der Waals surface area contributed by atoms with E-state index in [1.54, 1.807) is 30.3 Å². The molecule has 0 unspecified atom stereocenters. The molecule has 6 nitrogen and oxygen atoms in total. The molecule has 1 saturated heterocycles. The Bertz CT molecular complexity index is 1270. The van der Waals surface area contributed by atoms with Crippen LogP contribution in [0.15, 0.2) is 82.2 Å². The number of aryl methyl sites for hydroxylation is 1. The fourth-order valence-corrected chi connectivity index (χ4v) is 4.51. The number of thioether (sulfide) groups is 1. The van der Waals surface area contributed by atoms with Crippen LogP contribution in [0.2, 0.25) is 0 Å². The molecular weight excluding hydrogens is 516 g/mol. The predicted molar refractivity (Wildman–Crippen MR) is 137 cm³/mol. The van der Waals surface area contributed by atoms with Gasteiger partial charge in [0.05, 0.1) is 11.4 Å². The Labute approximate surface area is 210 Å². The highest BCUT2D eigenvalue weighted by atomic mass is 79.9. The van der Waals surface area contributed by atoms with Crippen molar-refractivity contribution in [1.82, 2.24) is 4.90 Å².